The highest BCUT2D eigenvalue weighted by Crippen LogP contribution is 2.09. The average molecular weight is 259 g/mol. The summed E-state index contributed by atoms with van der Waals surface area (Å²) in [4.78, 5) is 13.2. The van der Waals surface area contributed by atoms with Gasteiger partial charge >= 0.3 is 0 Å². The lowest BCUT2D eigenvalue weighted by Gasteiger charge is -2.19. The Morgan fingerprint density at radius 3 is 2.22 bits per heavy atom. The Kier molecular flexibility index (Phi) is 11.1. The van der Waals surface area contributed by atoms with Crippen LogP contribution in [0.5, 0.6) is 0 Å². The van der Waals surface area contributed by atoms with Gasteiger partial charge in [0.05, 0.1) is 12.7 Å². The van der Waals surface area contributed by atoms with E-state index in [0.717, 1.165) is 12.8 Å². The van der Waals surface area contributed by atoms with Crippen molar-refractivity contribution in [1.29, 1.82) is 0 Å². The minimum atomic E-state index is -0.826. The van der Waals surface area contributed by atoms with Gasteiger partial charge in [-0.2, -0.15) is 0 Å². The number of likely N-dealkylation sites (N-methyl/N-ethyl adjacent to an activating group) is 1. The van der Waals surface area contributed by atoms with E-state index in [9.17, 15) is 9.90 Å². The average Bonchev–Trinajstić information content (AvgIpc) is 2.37. The standard InChI is InChI=1S/C14H29NO3/c1-3-4-5-6-7-8-9-10-14(18)15(2)11-13(17)12-16/h13,16-17H,3-12H2,1-2H3. The fraction of sp³-hybridized carbons (Fsp3) is 0.929. The number of amides is 1. The van der Waals surface area contributed by atoms with Crippen molar-refractivity contribution in [1.82, 2.24) is 4.90 Å². The molecule has 18 heavy (non-hydrogen) atoms. The fourth-order valence-corrected chi connectivity index (χ4v) is 1.90. The Balaban J connectivity index is 3.46. The molecule has 4 nitrogen and oxygen atoms in total. The molecule has 0 heterocycles. The van der Waals surface area contributed by atoms with Gasteiger partial charge < -0.3 is 15.1 Å². The summed E-state index contributed by atoms with van der Waals surface area (Å²) in [6.07, 6.45) is 8.08. The predicted octanol–water partition coefficient (Wildman–Crippen LogP) is 1.94. The third kappa shape index (κ3) is 9.42. The van der Waals surface area contributed by atoms with Gasteiger partial charge in [-0.15, -0.1) is 0 Å². The van der Waals surface area contributed by atoms with E-state index >= 15 is 0 Å². The van der Waals surface area contributed by atoms with Crippen LogP contribution in [0, 0.1) is 0 Å². The zero-order chi connectivity index (χ0) is 13.8. The lowest BCUT2D eigenvalue weighted by atomic mass is 10.1. The van der Waals surface area contributed by atoms with E-state index in [1.54, 1.807) is 7.05 Å². The molecular formula is C14H29NO3. The van der Waals surface area contributed by atoms with Crippen LogP contribution in [0.4, 0.5) is 0 Å². The maximum atomic E-state index is 11.7. The smallest absolute Gasteiger partial charge is 0.222 e. The number of unbranched alkanes of at least 4 members (excludes halogenated alkanes) is 6. The fourth-order valence-electron chi connectivity index (χ4n) is 1.90. The van der Waals surface area contributed by atoms with Gasteiger partial charge in [0.1, 0.15) is 0 Å². The molecule has 1 unspecified atom stereocenters. The summed E-state index contributed by atoms with van der Waals surface area (Å²) in [6, 6.07) is 0. The lowest BCUT2D eigenvalue weighted by molar-refractivity contribution is -0.131. The Hall–Kier alpha value is -0.610. The normalized spacial score (nSPS) is 12.4. The van der Waals surface area contributed by atoms with Gasteiger partial charge in [0.25, 0.3) is 0 Å². The molecule has 0 spiro atoms. The molecule has 0 bridgehead atoms. The van der Waals surface area contributed by atoms with Crippen molar-refractivity contribution in [3.63, 3.8) is 0 Å². The molecule has 0 rings (SSSR count). The van der Waals surface area contributed by atoms with Crippen molar-refractivity contribution >= 4 is 5.91 Å². The highest BCUT2D eigenvalue weighted by molar-refractivity contribution is 5.75. The molecule has 0 saturated carbocycles. The molecular weight excluding hydrogens is 230 g/mol. The summed E-state index contributed by atoms with van der Waals surface area (Å²) in [5.41, 5.74) is 0. The number of aliphatic hydroxyl groups excluding tert-OH is 2. The second-order valence-electron chi connectivity index (χ2n) is 4.98. The van der Waals surface area contributed by atoms with Gasteiger partial charge in [-0.1, -0.05) is 45.4 Å². The summed E-state index contributed by atoms with van der Waals surface area (Å²) >= 11 is 0. The van der Waals surface area contributed by atoms with E-state index in [4.69, 9.17) is 5.11 Å². The topological polar surface area (TPSA) is 60.8 Å². The van der Waals surface area contributed by atoms with Crippen LogP contribution < -0.4 is 0 Å². The highest BCUT2D eigenvalue weighted by Gasteiger charge is 2.12. The van der Waals surface area contributed by atoms with Crippen molar-refractivity contribution in [3.8, 4) is 0 Å². The second kappa shape index (κ2) is 11.5. The largest absolute Gasteiger partial charge is 0.394 e. The van der Waals surface area contributed by atoms with Crippen LogP contribution in [0.1, 0.15) is 58.3 Å². The van der Waals surface area contributed by atoms with Gasteiger partial charge in [-0.05, 0) is 6.42 Å². The minimum absolute atomic E-state index is 0.0519. The molecule has 0 saturated heterocycles. The third-order valence-electron chi connectivity index (χ3n) is 3.12. The van der Waals surface area contributed by atoms with Crippen LogP contribution in [0.25, 0.3) is 0 Å². The number of rotatable bonds is 11. The summed E-state index contributed by atoms with van der Waals surface area (Å²) in [5, 5.41) is 17.9. The first-order valence-corrected chi connectivity index (χ1v) is 7.14. The number of aliphatic hydroxyl groups is 2. The van der Waals surface area contributed by atoms with Gasteiger partial charge in [0.2, 0.25) is 5.91 Å². The molecule has 4 heteroatoms. The first kappa shape index (κ1) is 17.4. The maximum absolute atomic E-state index is 11.7. The van der Waals surface area contributed by atoms with Crippen molar-refractivity contribution < 1.29 is 15.0 Å². The van der Waals surface area contributed by atoms with Crippen molar-refractivity contribution in [2.75, 3.05) is 20.2 Å². The molecule has 0 aromatic carbocycles. The quantitative estimate of drug-likeness (QED) is 0.557. The molecule has 0 aromatic rings. The third-order valence-corrected chi connectivity index (χ3v) is 3.12. The van der Waals surface area contributed by atoms with Crippen molar-refractivity contribution in [2.45, 2.75) is 64.4 Å². The van der Waals surface area contributed by atoms with E-state index in [1.807, 2.05) is 0 Å². The van der Waals surface area contributed by atoms with Gasteiger partial charge in [-0.3, -0.25) is 4.79 Å². The Morgan fingerprint density at radius 2 is 1.67 bits per heavy atom. The molecule has 0 aromatic heterocycles. The summed E-state index contributed by atoms with van der Waals surface area (Å²) < 4.78 is 0. The Labute approximate surface area is 111 Å². The van der Waals surface area contributed by atoms with Gasteiger partial charge in [0.15, 0.2) is 0 Å². The van der Waals surface area contributed by atoms with Crippen LogP contribution in [-0.2, 0) is 4.79 Å². The molecule has 1 amide bonds. The molecule has 1 atom stereocenters. The number of nitrogens with zero attached hydrogens (tertiary/aromatic N) is 1. The molecule has 2 N–H and O–H groups in total. The molecule has 0 aliphatic carbocycles. The van der Waals surface area contributed by atoms with Crippen molar-refractivity contribution in [3.05, 3.63) is 0 Å². The van der Waals surface area contributed by atoms with Gasteiger partial charge in [0, 0.05) is 20.0 Å². The molecule has 0 aliphatic rings. The highest BCUT2D eigenvalue weighted by atomic mass is 16.3. The molecule has 0 radical (unpaired) electrons. The monoisotopic (exact) mass is 259 g/mol. The number of hydrogen-bond donors (Lipinski definition) is 2. The maximum Gasteiger partial charge on any atom is 0.222 e. The van der Waals surface area contributed by atoms with E-state index < -0.39 is 6.10 Å². The molecule has 0 aliphatic heterocycles. The first-order valence-electron chi connectivity index (χ1n) is 7.14. The first-order chi connectivity index (χ1) is 8.61. The van der Waals surface area contributed by atoms with E-state index in [1.165, 1.54) is 37.0 Å². The van der Waals surface area contributed by atoms with Gasteiger partial charge in [-0.25, -0.2) is 0 Å². The van der Waals surface area contributed by atoms with Crippen LogP contribution in [0.3, 0.4) is 0 Å². The summed E-state index contributed by atoms with van der Waals surface area (Å²) in [6.45, 7) is 2.12. The zero-order valence-electron chi connectivity index (χ0n) is 11.9. The predicted molar refractivity (Wildman–Crippen MR) is 73.3 cm³/mol. The van der Waals surface area contributed by atoms with Crippen molar-refractivity contribution in [2.24, 2.45) is 0 Å². The summed E-state index contributed by atoms with van der Waals surface area (Å²) in [5.74, 6) is 0.0519. The van der Waals surface area contributed by atoms with Crippen LogP contribution in [-0.4, -0.2) is 47.3 Å². The van der Waals surface area contributed by atoms with E-state index in [-0.39, 0.29) is 19.1 Å². The molecule has 0 fully saturated rings. The number of carbonyl (C=O) groups is 1. The zero-order valence-corrected chi connectivity index (χ0v) is 11.9. The Morgan fingerprint density at radius 1 is 1.11 bits per heavy atom. The second-order valence-corrected chi connectivity index (χ2v) is 4.98. The SMILES string of the molecule is CCCCCCCCCC(=O)N(C)CC(O)CO. The summed E-state index contributed by atoms with van der Waals surface area (Å²) in [7, 11) is 1.67. The van der Waals surface area contributed by atoms with E-state index in [0.29, 0.717) is 6.42 Å². The number of carbonyl (C=O) groups excluding carboxylic acids is 1. The van der Waals surface area contributed by atoms with Crippen LogP contribution in [0.15, 0.2) is 0 Å². The number of hydrogen-bond acceptors (Lipinski definition) is 3. The lowest BCUT2D eigenvalue weighted by Crippen LogP contribution is -2.35. The van der Waals surface area contributed by atoms with Crippen LogP contribution >= 0.6 is 0 Å². The van der Waals surface area contributed by atoms with E-state index in [2.05, 4.69) is 6.92 Å². The molecule has 108 valence electrons. The minimum Gasteiger partial charge on any atom is -0.394 e. The Bertz CT molecular complexity index is 209. The van der Waals surface area contributed by atoms with Crippen LogP contribution in [0.2, 0.25) is 0 Å².